The third-order valence-corrected chi connectivity index (χ3v) is 5.27. The van der Waals surface area contributed by atoms with E-state index in [2.05, 4.69) is 6.92 Å². The van der Waals surface area contributed by atoms with Gasteiger partial charge in [0.2, 0.25) is 0 Å². The summed E-state index contributed by atoms with van der Waals surface area (Å²) in [4.78, 5) is 0.249. The highest BCUT2D eigenvalue weighted by molar-refractivity contribution is 7.86. The Labute approximate surface area is 109 Å². The van der Waals surface area contributed by atoms with E-state index < -0.39 is 10.1 Å². The highest BCUT2D eigenvalue weighted by Gasteiger charge is 2.37. The molecule has 1 aliphatic rings. The summed E-state index contributed by atoms with van der Waals surface area (Å²) < 4.78 is 29.3. The normalized spacial score (nSPS) is 18.3. The van der Waals surface area contributed by atoms with E-state index in [1.165, 1.54) is 6.42 Å². The van der Waals surface area contributed by atoms with E-state index in [9.17, 15) is 8.42 Å². The highest BCUT2D eigenvalue weighted by Crippen LogP contribution is 2.44. The zero-order valence-corrected chi connectivity index (χ0v) is 11.8. The molecule has 0 heterocycles. The minimum absolute atomic E-state index is 0.0950. The molecule has 1 aromatic rings. The second-order valence-electron chi connectivity index (χ2n) is 5.24. The van der Waals surface area contributed by atoms with Crippen molar-refractivity contribution in [3.05, 3.63) is 29.8 Å². The van der Waals surface area contributed by atoms with Gasteiger partial charge in [0, 0.05) is 0 Å². The lowest BCUT2D eigenvalue weighted by Gasteiger charge is -2.40. The van der Waals surface area contributed by atoms with Crippen LogP contribution in [-0.2, 0) is 14.3 Å². The first kappa shape index (κ1) is 13.6. The molecule has 100 valence electrons. The Kier molecular flexibility index (Phi) is 3.78. The van der Waals surface area contributed by atoms with Gasteiger partial charge in [0.15, 0.2) is 0 Å². The van der Waals surface area contributed by atoms with Crippen LogP contribution in [0.5, 0.6) is 0 Å². The van der Waals surface area contributed by atoms with E-state index in [1.807, 2.05) is 6.92 Å². The molecule has 0 unspecified atom stereocenters. The van der Waals surface area contributed by atoms with Gasteiger partial charge in [-0.15, -0.1) is 0 Å². The van der Waals surface area contributed by atoms with Crippen molar-refractivity contribution in [3.8, 4) is 0 Å². The Morgan fingerprint density at radius 3 is 2.28 bits per heavy atom. The van der Waals surface area contributed by atoms with E-state index in [-0.39, 0.29) is 10.3 Å². The summed E-state index contributed by atoms with van der Waals surface area (Å²) in [5, 5.41) is 0. The molecule has 0 aliphatic heterocycles. The Morgan fingerprint density at radius 2 is 1.83 bits per heavy atom. The number of aryl methyl sites for hydroxylation is 1. The van der Waals surface area contributed by atoms with Crippen molar-refractivity contribution >= 4 is 10.1 Å². The Hall–Kier alpha value is -0.870. The Bertz CT molecular complexity index is 493. The lowest BCUT2D eigenvalue weighted by atomic mass is 9.68. The molecule has 0 atom stereocenters. The minimum atomic E-state index is -3.60. The van der Waals surface area contributed by atoms with E-state index in [0.29, 0.717) is 6.61 Å². The summed E-state index contributed by atoms with van der Waals surface area (Å²) in [5.41, 5.74) is 1.13. The van der Waals surface area contributed by atoms with Crippen molar-refractivity contribution in [1.82, 2.24) is 0 Å². The second kappa shape index (κ2) is 5.02. The molecule has 0 N–H and O–H groups in total. The summed E-state index contributed by atoms with van der Waals surface area (Å²) in [5.74, 6) is 0. The van der Waals surface area contributed by atoms with Gasteiger partial charge in [0.25, 0.3) is 10.1 Å². The molecule has 0 saturated heterocycles. The lowest BCUT2D eigenvalue weighted by Crippen LogP contribution is -2.34. The van der Waals surface area contributed by atoms with Crippen LogP contribution in [0.1, 0.15) is 38.2 Å². The standard InChI is InChI=1S/C14H20O3S/c1-3-14(9-4-10-14)11-17-18(15,16)13-7-5-12(2)6-8-13/h5-8H,3-4,9-11H2,1-2H3. The molecular weight excluding hydrogens is 248 g/mol. The third-order valence-electron chi connectivity index (χ3n) is 3.99. The zero-order chi connectivity index (χ0) is 13.2. The molecule has 0 spiro atoms. The van der Waals surface area contributed by atoms with E-state index in [0.717, 1.165) is 24.8 Å². The SMILES string of the molecule is CCC1(COS(=O)(=O)c2ccc(C)cc2)CCC1. The molecule has 0 radical (unpaired) electrons. The summed E-state index contributed by atoms with van der Waals surface area (Å²) >= 11 is 0. The fourth-order valence-electron chi connectivity index (χ4n) is 2.25. The van der Waals surface area contributed by atoms with Gasteiger partial charge < -0.3 is 0 Å². The van der Waals surface area contributed by atoms with Crippen LogP contribution in [0.4, 0.5) is 0 Å². The summed E-state index contributed by atoms with van der Waals surface area (Å²) in [6.45, 7) is 4.35. The first-order chi connectivity index (χ1) is 8.47. The van der Waals surface area contributed by atoms with Crippen molar-refractivity contribution in [1.29, 1.82) is 0 Å². The number of hydrogen-bond acceptors (Lipinski definition) is 3. The molecule has 1 fully saturated rings. The highest BCUT2D eigenvalue weighted by atomic mass is 32.2. The molecule has 0 bridgehead atoms. The van der Waals surface area contributed by atoms with E-state index in [4.69, 9.17) is 4.18 Å². The summed E-state index contributed by atoms with van der Waals surface area (Å²) in [7, 11) is -3.60. The smallest absolute Gasteiger partial charge is 0.266 e. The van der Waals surface area contributed by atoms with Crippen LogP contribution in [0, 0.1) is 12.3 Å². The van der Waals surface area contributed by atoms with Crippen LogP contribution in [0.25, 0.3) is 0 Å². The van der Waals surface area contributed by atoms with Gasteiger partial charge in [-0.3, -0.25) is 4.18 Å². The van der Waals surface area contributed by atoms with Gasteiger partial charge in [-0.2, -0.15) is 8.42 Å². The third kappa shape index (κ3) is 2.75. The first-order valence-corrected chi connectivity index (χ1v) is 7.84. The Balaban J connectivity index is 2.05. The molecule has 1 aromatic carbocycles. The van der Waals surface area contributed by atoms with Crippen molar-refractivity contribution in [3.63, 3.8) is 0 Å². The topological polar surface area (TPSA) is 43.4 Å². The second-order valence-corrected chi connectivity index (χ2v) is 6.85. The molecule has 3 nitrogen and oxygen atoms in total. The van der Waals surface area contributed by atoms with Gasteiger partial charge >= 0.3 is 0 Å². The molecule has 4 heteroatoms. The van der Waals surface area contributed by atoms with Crippen LogP contribution < -0.4 is 0 Å². The van der Waals surface area contributed by atoms with Crippen LogP contribution in [0.15, 0.2) is 29.2 Å². The van der Waals surface area contributed by atoms with Crippen molar-refractivity contribution in [2.75, 3.05) is 6.61 Å². The quantitative estimate of drug-likeness (QED) is 0.770. The van der Waals surface area contributed by atoms with Crippen molar-refractivity contribution in [2.24, 2.45) is 5.41 Å². The summed E-state index contributed by atoms with van der Waals surface area (Å²) in [6.07, 6.45) is 4.32. The lowest BCUT2D eigenvalue weighted by molar-refractivity contribution is 0.0570. The number of benzene rings is 1. The molecule has 0 aromatic heterocycles. The molecule has 0 amide bonds. The van der Waals surface area contributed by atoms with E-state index in [1.54, 1.807) is 24.3 Å². The average molecular weight is 268 g/mol. The predicted molar refractivity (Wildman–Crippen MR) is 70.9 cm³/mol. The van der Waals surface area contributed by atoms with Crippen LogP contribution in [0.2, 0.25) is 0 Å². The van der Waals surface area contributed by atoms with Crippen LogP contribution in [-0.4, -0.2) is 15.0 Å². The fourth-order valence-corrected chi connectivity index (χ4v) is 3.26. The maximum atomic E-state index is 12.0. The van der Waals surface area contributed by atoms with Crippen LogP contribution >= 0.6 is 0 Å². The van der Waals surface area contributed by atoms with Gasteiger partial charge in [-0.05, 0) is 43.7 Å². The van der Waals surface area contributed by atoms with Crippen molar-refractivity contribution in [2.45, 2.75) is 44.4 Å². The first-order valence-electron chi connectivity index (χ1n) is 6.44. The molecular formula is C14H20O3S. The largest absolute Gasteiger partial charge is 0.296 e. The molecule has 2 rings (SSSR count). The maximum absolute atomic E-state index is 12.0. The van der Waals surface area contributed by atoms with E-state index >= 15 is 0 Å². The van der Waals surface area contributed by atoms with Crippen molar-refractivity contribution < 1.29 is 12.6 Å². The van der Waals surface area contributed by atoms with Crippen LogP contribution in [0.3, 0.4) is 0 Å². The minimum Gasteiger partial charge on any atom is -0.266 e. The van der Waals surface area contributed by atoms with Gasteiger partial charge in [-0.25, -0.2) is 0 Å². The van der Waals surface area contributed by atoms with Gasteiger partial charge in [0.05, 0.1) is 11.5 Å². The molecule has 1 aliphatic carbocycles. The van der Waals surface area contributed by atoms with Gasteiger partial charge in [-0.1, -0.05) is 31.0 Å². The Morgan fingerprint density at radius 1 is 1.22 bits per heavy atom. The monoisotopic (exact) mass is 268 g/mol. The molecule has 18 heavy (non-hydrogen) atoms. The van der Waals surface area contributed by atoms with Gasteiger partial charge in [0.1, 0.15) is 0 Å². The molecule has 1 saturated carbocycles. The predicted octanol–water partition coefficient (Wildman–Crippen LogP) is 3.28. The zero-order valence-electron chi connectivity index (χ0n) is 11.0. The average Bonchev–Trinajstić information content (AvgIpc) is 2.29. The number of hydrogen-bond donors (Lipinski definition) is 0. The summed E-state index contributed by atoms with van der Waals surface area (Å²) in [6, 6.07) is 6.78. The number of rotatable bonds is 5. The maximum Gasteiger partial charge on any atom is 0.296 e. The fraction of sp³-hybridized carbons (Fsp3) is 0.571.